The monoisotopic (exact) mass is 249 g/mol. The first kappa shape index (κ1) is 13.5. The zero-order chi connectivity index (χ0) is 13.0. The van der Waals surface area contributed by atoms with Crippen LogP contribution in [0.2, 0.25) is 0 Å². The first-order valence-electron chi connectivity index (χ1n) is 7.18. The van der Waals surface area contributed by atoms with Gasteiger partial charge in [-0.3, -0.25) is 0 Å². The molecule has 1 nitrogen and oxygen atoms in total. The van der Waals surface area contributed by atoms with Gasteiger partial charge < -0.3 is 5.32 Å². The average molecular weight is 249 g/mol. The van der Waals surface area contributed by atoms with Crippen LogP contribution in [0.5, 0.6) is 0 Å². The first-order chi connectivity index (χ1) is 8.69. The maximum absolute atomic E-state index is 12.9. The van der Waals surface area contributed by atoms with Crippen molar-refractivity contribution >= 4 is 0 Å². The number of halogens is 1. The summed E-state index contributed by atoms with van der Waals surface area (Å²) in [5.41, 5.74) is 1.20. The van der Waals surface area contributed by atoms with Crippen LogP contribution in [0.25, 0.3) is 0 Å². The molecule has 100 valence electrons. The predicted molar refractivity (Wildman–Crippen MR) is 73.9 cm³/mol. The molecule has 0 amide bonds. The van der Waals surface area contributed by atoms with Crippen molar-refractivity contribution in [3.8, 4) is 0 Å². The molecule has 0 heterocycles. The molecule has 1 saturated carbocycles. The number of hydrogen-bond donors (Lipinski definition) is 1. The van der Waals surface area contributed by atoms with Crippen molar-refractivity contribution in [2.45, 2.75) is 45.6 Å². The Balaban J connectivity index is 1.87. The van der Waals surface area contributed by atoms with Crippen LogP contribution in [0.4, 0.5) is 4.39 Å². The summed E-state index contributed by atoms with van der Waals surface area (Å²) in [6, 6.07) is 7.26. The summed E-state index contributed by atoms with van der Waals surface area (Å²) in [6.45, 7) is 5.62. The molecule has 0 aromatic heterocycles. The van der Waals surface area contributed by atoms with Gasteiger partial charge >= 0.3 is 0 Å². The molecule has 0 spiro atoms. The Morgan fingerprint density at radius 1 is 1.28 bits per heavy atom. The summed E-state index contributed by atoms with van der Waals surface area (Å²) in [6.07, 6.45) is 5.13. The van der Waals surface area contributed by atoms with Gasteiger partial charge in [0, 0.05) is 6.04 Å². The van der Waals surface area contributed by atoms with E-state index in [4.69, 9.17) is 0 Å². The van der Waals surface area contributed by atoms with Gasteiger partial charge in [0.05, 0.1) is 0 Å². The third kappa shape index (κ3) is 3.55. The summed E-state index contributed by atoms with van der Waals surface area (Å²) in [5, 5.41) is 3.65. The molecule has 1 aliphatic rings. The zero-order valence-electron chi connectivity index (χ0n) is 11.5. The van der Waals surface area contributed by atoms with E-state index in [-0.39, 0.29) is 5.82 Å². The van der Waals surface area contributed by atoms with Gasteiger partial charge in [-0.25, -0.2) is 4.39 Å². The van der Waals surface area contributed by atoms with Crippen LogP contribution < -0.4 is 5.32 Å². The Labute approximate surface area is 110 Å². The van der Waals surface area contributed by atoms with Crippen LogP contribution in [0.1, 0.15) is 51.1 Å². The molecular formula is C16H24FN. The van der Waals surface area contributed by atoms with Crippen molar-refractivity contribution in [3.63, 3.8) is 0 Å². The smallest absolute Gasteiger partial charge is 0.123 e. The van der Waals surface area contributed by atoms with E-state index in [1.807, 2.05) is 12.1 Å². The van der Waals surface area contributed by atoms with E-state index >= 15 is 0 Å². The van der Waals surface area contributed by atoms with E-state index in [2.05, 4.69) is 19.2 Å². The molecule has 0 aliphatic heterocycles. The van der Waals surface area contributed by atoms with Crippen LogP contribution in [0.15, 0.2) is 24.3 Å². The van der Waals surface area contributed by atoms with Crippen molar-refractivity contribution in [2.75, 3.05) is 6.54 Å². The quantitative estimate of drug-likeness (QED) is 0.820. The number of hydrogen-bond acceptors (Lipinski definition) is 1. The van der Waals surface area contributed by atoms with Gasteiger partial charge in [-0.1, -0.05) is 32.4 Å². The van der Waals surface area contributed by atoms with Gasteiger partial charge in [-0.05, 0) is 55.3 Å². The Bertz CT molecular complexity index is 360. The van der Waals surface area contributed by atoms with Crippen molar-refractivity contribution in [1.29, 1.82) is 0 Å². The van der Waals surface area contributed by atoms with E-state index in [0.717, 1.165) is 24.8 Å². The van der Waals surface area contributed by atoms with Crippen LogP contribution in [-0.2, 0) is 0 Å². The van der Waals surface area contributed by atoms with Gasteiger partial charge in [0.2, 0.25) is 0 Å². The van der Waals surface area contributed by atoms with E-state index < -0.39 is 0 Å². The zero-order valence-corrected chi connectivity index (χ0v) is 11.5. The minimum absolute atomic E-state index is 0.154. The molecule has 1 aromatic rings. The van der Waals surface area contributed by atoms with Gasteiger partial charge in [0.25, 0.3) is 0 Å². The lowest BCUT2D eigenvalue weighted by molar-refractivity contribution is 0.421. The molecule has 1 N–H and O–H groups in total. The first-order valence-corrected chi connectivity index (χ1v) is 7.18. The van der Waals surface area contributed by atoms with Crippen molar-refractivity contribution in [1.82, 2.24) is 5.32 Å². The SMILES string of the molecule is CCC(NCC1CCC(C)C1)c1ccc(F)cc1. The van der Waals surface area contributed by atoms with Gasteiger partial charge in [0.15, 0.2) is 0 Å². The highest BCUT2D eigenvalue weighted by Gasteiger charge is 2.21. The maximum Gasteiger partial charge on any atom is 0.123 e. The molecule has 1 fully saturated rings. The minimum Gasteiger partial charge on any atom is -0.310 e. The second kappa shape index (κ2) is 6.33. The fourth-order valence-corrected chi connectivity index (χ4v) is 3.01. The van der Waals surface area contributed by atoms with E-state index in [1.54, 1.807) is 12.1 Å². The molecule has 0 bridgehead atoms. The summed E-state index contributed by atoms with van der Waals surface area (Å²) in [4.78, 5) is 0. The van der Waals surface area contributed by atoms with Gasteiger partial charge in [-0.2, -0.15) is 0 Å². The van der Waals surface area contributed by atoms with Gasteiger partial charge in [-0.15, -0.1) is 0 Å². The Morgan fingerprint density at radius 3 is 2.56 bits per heavy atom. The standard InChI is InChI=1S/C16H24FN/c1-3-16(14-6-8-15(17)9-7-14)18-11-13-5-4-12(2)10-13/h6-9,12-13,16,18H,3-5,10-11H2,1-2H3. The number of benzene rings is 1. The van der Waals surface area contributed by atoms with Crippen LogP contribution in [0.3, 0.4) is 0 Å². The summed E-state index contributed by atoms with van der Waals surface area (Å²) in [7, 11) is 0. The third-order valence-electron chi connectivity index (χ3n) is 4.14. The molecule has 0 saturated heterocycles. The van der Waals surface area contributed by atoms with Crippen molar-refractivity contribution in [3.05, 3.63) is 35.6 Å². The molecular weight excluding hydrogens is 225 g/mol. The second-order valence-corrected chi connectivity index (χ2v) is 5.70. The summed E-state index contributed by atoms with van der Waals surface area (Å²) >= 11 is 0. The predicted octanol–water partition coefficient (Wildman–Crippen LogP) is 4.30. The van der Waals surface area contributed by atoms with Gasteiger partial charge in [0.1, 0.15) is 5.82 Å². The van der Waals surface area contributed by atoms with Crippen molar-refractivity contribution in [2.24, 2.45) is 11.8 Å². The Kier molecular flexibility index (Phi) is 4.76. The molecule has 2 heteroatoms. The summed E-state index contributed by atoms with van der Waals surface area (Å²) < 4.78 is 12.9. The normalized spacial score (nSPS) is 25.3. The summed E-state index contributed by atoms with van der Waals surface area (Å²) in [5.74, 6) is 1.57. The lowest BCUT2D eigenvalue weighted by Crippen LogP contribution is -2.26. The number of nitrogens with one attached hydrogen (secondary N) is 1. The average Bonchev–Trinajstić information content (AvgIpc) is 2.78. The van der Waals surface area contributed by atoms with E-state index in [9.17, 15) is 4.39 Å². The lowest BCUT2D eigenvalue weighted by Gasteiger charge is -2.20. The Hall–Kier alpha value is -0.890. The Morgan fingerprint density at radius 2 is 2.00 bits per heavy atom. The van der Waals surface area contributed by atoms with Crippen LogP contribution >= 0.6 is 0 Å². The van der Waals surface area contributed by atoms with E-state index in [0.29, 0.717) is 6.04 Å². The highest BCUT2D eigenvalue weighted by atomic mass is 19.1. The molecule has 2 rings (SSSR count). The highest BCUT2D eigenvalue weighted by Crippen LogP contribution is 2.30. The second-order valence-electron chi connectivity index (χ2n) is 5.70. The lowest BCUT2D eigenvalue weighted by atomic mass is 10.0. The topological polar surface area (TPSA) is 12.0 Å². The van der Waals surface area contributed by atoms with Crippen molar-refractivity contribution < 1.29 is 4.39 Å². The maximum atomic E-state index is 12.9. The molecule has 0 radical (unpaired) electrons. The van der Waals surface area contributed by atoms with Crippen LogP contribution in [-0.4, -0.2) is 6.54 Å². The molecule has 3 unspecified atom stereocenters. The molecule has 1 aliphatic carbocycles. The molecule has 18 heavy (non-hydrogen) atoms. The largest absolute Gasteiger partial charge is 0.310 e. The fraction of sp³-hybridized carbons (Fsp3) is 0.625. The van der Waals surface area contributed by atoms with E-state index in [1.165, 1.54) is 24.8 Å². The van der Waals surface area contributed by atoms with Crippen LogP contribution in [0, 0.1) is 17.7 Å². The number of rotatable bonds is 5. The fourth-order valence-electron chi connectivity index (χ4n) is 3.01. The molecule has 1 aromatic carbocycles. The minimum atomic E-state index is -0.154. The highest BCUT2D eigenvalue weighted by molar-refractivity contribution is 5.19. The third-order valence-corrected chi connectivity index (χ3v) is 4.14. The molecule has 3 atom stereocenters.